The summed E-state index contributed by atoms with van der Waals surface area (Å²) in [5.41, 5.74) is 1.08. The van der Waals surface area contributed by atoms with Crippen LogP contribution >= 0.6 is 0 Å². The number of hydrogen-bond acceptors (Lipinski definition) is 4. The van der Waals surface area contributed by atoms with E-state index < -0.39 is 37.1 Å². The second-order valence-corrected chi connectivity index (χ2v) is 6.72. The number of carbonyl (C=O) groups excluding carboxylic acids is 1. The molecule has 0 bridgehead atoms. The lowest BCUT2D eigenvalue weighted by Gasteiger charge is -2.26. The van der Waals surface area contributed by atoms with Crippen LogP contribution in [0.15, 0.2) is 59.5 Å². The molecule has 0 aliphatic rings. The average Bonchev–Trinajstić information content (AvgIpc) is 2.56. The monoisotopic (exact) mass is 374 g/mol. The Labute approximate surface area is 141 Å². The molecule has 0 spiro atoms. The molecule has 0 aliphatic heterocycles. The highest BCUT2D eigenvalue weighted by Crippen LogP contribution is 2.34. The number of alkyl halides is 3. The number of hydroxylamine groups is 1. The highest BCUT2D eigenvalue weighted by molar-refractivity contribution is 7.92. The van der Waals surface area contributed by atoms with Crippen LogP contribution < -0.4 is 9.79 Å². The van der Waals surface area contributed by atoms with Crippen LogP contribution in [0.1, 0.15) is 5.56 Å². The largest absolute Gasteiger partial charge is 0.498 e. The van der Waals surface area contributed by atoms with E-state index in [0.29, 0.717) is 5.56 Å². The van der Waals surface area contributed by atoms with Gasteiger partial charge in [0, 0.05) is 0 Å². The molecule has 1 amide bonds. The molecule has 25 heavy (non-hydrogen) atoms. The van der Waals surface area contributed by atoms with Gasteiger partial charge < -0.3 is 0 Å². The number of sulfonamides is 1. The molecule has 2 N–H and O–H groups in total. The Hall–Kier alpha value is -2.59. The Balaban J connectivity index is 2.44. The maximum absolute atomic E-state index is 13.4. The average molecular weight is 374 g/mol. The number of anilines is 1. The number of carbonyl (C=O) groups is 1. The van der Waals surface area contributed by atoms with Crippen molar-refractivity contribution in [3.8, 4) is 0 Å². The smallest absolute Gasteiger partial charge is 0.289 e. The van der Waals surface area contributed by atoms with Crippen molar-refractivity contribution in [2.24, 2.45) is 0 Å². The summed E-state index contributed by atoms with van der Waals surface area (Å²) in [6, 6.07) is 10.5. The second kappa shape index (κ2) is 7.11. The maximum Gasteiger partial charge on any atom is 0.498 e. The first-order valence-corrected chi connectivity index (χ1v) is 8.29. The lowest BCUT2D eigenvalue weighted by Crippen LogP contribution is -2.43. The minimum atomic E-state index is -5.18. The van der Waals surface area contributed by atoms with Crippen LogP contribution in [0.4, 0.5) is 18.9 Å². The molecule has 0 aliphatic carbocycles. The third-order valence-corrected chi connectivity index (χ3v) is 4.94. The van der Waals surface area contributed by atoms with Gasteiger partial charge in [0.2, 0.25) is 5.91 Å². The summed E-state index contributed by atoms with van der Waals surface area (Å²) >= 11 is 0. The van der Waals surface area contributed by atoms with Gasteiger partial charge in [0.1, 0.15) is 0 Å². The van der Waals surface area contributed by atoms with E-state index in [0.717, 1.165) is 24.3 Å². The van der Waals surface area contributed by atoms with Crippen LogP contribution in [0.5, 0.6) is 0 Å². The standard InChI is InChI=1S/C15H13F3N2O4S/c16-15(17,18)20(25(23,24)13-4-2-1-3-5-13)12-8-6-11(7-9-12)10-14(21)19-22/h1-9,22H,10H2,(H,19,21). The van der Waals surface area contributed by atoms with Crippen LogP contribution in [0.3, 0.4) is 0 Å². The van der Waals surface area contributed by atoms with Crippen molar-refractivity contribution in [3.63, 3.8) is 0 Å². The SMILES string of the molecule is O=C(Cc1ccc(N(C(F)(F)F)S(=O)(=O)c2ccccc2)cc1)NO. The Morgan fingerprint density at radius 1 is 1.04 bits per heavy atom. The summed E-state index contributed by atoms with van der Waals surface area (Å²) in [4.78, 5) is 10.6. The summed E-state index contributed by atoms with van der Waals surface area (Å²) in [5, 5.41) is 8.44. The highest BCUT2D eigenvalue weighted by Gasteiger charge is 2.46. The molecular formula is C15H13F3N2O4S. The van der Waals surface area contributed by atoms with Crippen LogP contribution in [0.25, 0.3) is 0 Å². The number of halogens is 3. The van der Waals surface area contributed by atoms with Crippen molar-refractivity contribution < 1.29 is 31.6 Å². The molecule has 0 saturated heterocycles. The predicted molar refractivity (Wildman–Crippen MR) is 82.2 cm³/mol. The molecule has 2 aromatic carbocycles. The number of nitrogens with one attached hydrogen (secondary N) is 1. The highest BCUT2D eigenvalue weighted by atomic mass is 32.2. The Morgan fingerprint density at radius 2 is 1.60 bits per heavy atom. The predicted octanol–water partition coefficient (Wildman–Crippen LogP) is 2.45. The van der Waals surface area contributed by atoms with Gasteiger partial charge in [-0.1, -0.05) is 30.3 Å². The van der Waals surface area contributed by atoms with Gasteiger partial charge in [-0.25, -0.2) is 13.9 Å². The Bertz CT molecular complexity index is 837. The van der Waals surface area contributed by atoms with Crippen LogP contribution in [0, 0.1) is 0 Å². The van der Waals surface area contributed by atoms with E-state index in [1.807, 2.05) is 0 Å². The maximum atomic E-state index is 13.4. The van der Waals surface area contributed by atoms with Gasteiger partial charge in [-0.15, -0.1) is 13.2 Å². The fourth-order valence-corrected chi connectivity index (χ4v) is 3.48. The summed E-state index contributed by atoms with van der Waals surface area (Å²) in [5.74, 6) is -0.752. The molecule has 0 saturated carbocycles. The summed E-state index contributed by atoms with van der Waals surface area (Å²) in [7, 11) is -4.86. The van der Waals surface area contributed by atoms with Crippen LogP contribution in [0.2, 0.25) is 0 Å². The van der Waals surface area contributed by atoms with Crippen molar-refractivity contribution in [1.82, 2.24) is 5.48 Å². The number of hydrogen-bond donors (Lipinski definition) is 2. The zero-order valence-corrected chi connectivity index (χ0v) is 13.4. The van der Waals surface area contributed by atoms with Gasteiger partial charge in [0.05, 0.1) is 17.0 Å². The molecule has 2 rings (SSSR count). The summed E-state index contributed by atoms with van der Waals surface area (Å²) in [6.45, 7) is 0. The zero-order valence-electron chi connectivity index (χ0n) is 12.6. The lowest BCUT2D eigenvalue weighted by atomic mass is 10.1. The first-order chi connectivity index (χ1) is 11.7. The fraction of sp³-hybridized carbons (Fsp3) is 0.133. The molecule has 134 valence electrons. The topological polar surface area (TPSA) is 86.7 Å². The fourth-order valence-electron chi connectivity index (χ4n) is 2.09. The van der Waals surface area contributed by atoms with E-state index in [-0.39, 0.29) is 6.42 Å². The minimum absolute atomic E-state index is 0.270. The van der Waals surface area contributed by atoms with Gasteiger partial charge in [0.25, 0.3) is 10.0 Å². The number of rotatable bonds is 5. The number of amides is 1. The van der Waals surface area contributed by atoms with Crippen molar-refractivity contribution in [2.75, 3.05) is 4.31 Å². The molecule has 2 aromatic rings. The minimum Gasteiger partial charge on any atom is -0.289 e. The molecule has 0 radical (unpaired) electrons. The van der Waals surface area contributed by atoms with Gasteiger partial charge in [-0.3, -0.25) is 10.0 Å². The molecule has 0 unspecified atom stereocenters. The lowest BCUT2D eigenvalue weighted by molar-refractivity contribution is -0.128. The number of nitrogens with zero attached hydrogens (tertiary/aromatic N) is 1. The van der Waals surface area contributed by atoms with Crippen molar-refractivity contribution in [1.29, 1.82) is 0 Å². The molecule has 0 heterocycles. The normalized spacial score (nSPS) is 11.8. The van der Waals surface area contributed by atoms with Gasteiger partial charge in [-0.2, -0.15) is 4.31 Å². The first-order valence-electron chi connectivity index (χ1n) is 6.85. The van der Waals surface area contributed by atoms with Crippen molar-refractivity contribution in [2.45, 2.75) is 17.6 Å². The molecule has 10 heteroatoms. The summed E-state index contributed by atoms with van der Waals surface area (Å²) < 4.78 is 64.4. The van der Waals surface area contributed by atoms with E-state index in [9.17, 15) is 26.4 Å². The molecule has 0 aromatic heterocycles. The first kappa shape index (κ1) is 18.7. The molecule has 6 nitrogen and oxygen atoms in total. The van der Waals surface area contributed by atoms with E-state index in [4.69, 9.17) is 5.21 Å². The summed E-state index contributed by atoms with van der Waals surface area (Å²) in [6.07, 6.45) is -5.45. The van der Waals surface area contributed by atoms with Crippen LogP contribution in [-0.2, 0) is 21.2 Å². The van der Waals surface area contributed by atoms with Gasteiger partial charge in [0.15, 0.2) is 0 Å². The third kappa shape index (κ3) is 4.28. The van der Waals surface area contributed by atoms with Gasteiger partial charge >= 0.3 is 6.30 Å². The number of benzene rings is 2. The third-order valence-electron chi connectivity index (χ3n) is 3.17. The second-order valence-electron chi connectivity index (χ2n) is 4.93. The zero-order chi connectivity index (χ0) is 18.7. The van der Waals surface area contributed by atoms with E-state index in [1.165, 1.54) is 35.8 Å². The molecule has 0 atom stereocenters. The van der Waals surface area contributed by atoms with Gasteiger partial charge in [-0.05, 0) is 29.8 Å². The Morgan fingerprint density at radius 3 is 2.08 bits per heavy atom. The van der Waals surface area contributed by atoms with Crippen molar-refractivity contribution in [3.05, 3.63) is 60.2 Å². The van der Waals surface area contributed by atoms with E-state index in [1.54, 1.807) is 0 Å². The molecule has 0 fully saturated rings. The van der Waals surface area contributed by atoms with E-state index in [2.05, 4.69) is 0 Å². The quantitative estimate of drug-likeness (QED) is 0.478. The molecular weight excluding hydrogens is 361 g/mol. The van der Waals surface area contributed by atoms with Crippen molar-refractivity contribution >= 4 is 21.6 Å². The van der Waals surface area contributed by atoms with Crippen LogP contribution in [-0.4, -0.2) is 25.8 Å². The Kier molecular flexibility index (Phi) is 5.33. The van der Waals surface area contributed by atoms with E-state index >= 15 is 0 Å².